The maximum absolute atomic E-state index is 8.48. The van der Waals surface area contributed by atoms with Crippen LogP contribution in [0.1, 0.15) is 6.92 Å². The van der Waals surface area contributed by atoms with Crippen molar-refractivity contribution in [3.8, 4) is 12.3 Å². The molecule has 52 valence electrons. The van der Waals surface area contributed by atoms with Gasteiger partial charge in [-0.15, -0.1) is 6.42 Å². The Morgan fingerprint density at radius 1 is 1.67 bits per heavy atom. The Labute approximate surface area is 56.5 Å². The lowest BCUT2D eigenvalue weighted by Crippen LogP contribution is -2.26. The largest absolute Gasteiger partial charge is 0.395 e. The van der Waals surface area contributed by atoms with Gasteiger partial charge in [0.2, 0.25) is 0 Å². The van der Waals surface area contributed by atoms with Crippen LogP contribution >= 0.6 is 0 Å². The molecule has 1 N–H and O–H groups in total. The van der Waals surface area contributed by atoms with Crippen molar-refractivity contribution < 1.29 is 5.11 Å². The number of aliphatic hydroxyl groups is 1. The second-order valence-electron chi connectivity index (χ2n) is 1.80. The van der Waals surface area contributed by atoms with Crippen molar-refractivity contribution in [2.45, 2.75) is 6.92 Å². The van der Waals surface area contributed by atoms with Crippen LogP contribution in [0.15, 0.2) is 0 Å². The van der Waals surface area contributed by atoms with Crippen molar-refractivity contribution in [2.24, 2.45) is 0 Å². The van der Waals surface area contributed by atoms with Crippen LogP contribution in [0, 0.1) is 12.3 Å². The van der Waals surface area contributed by atoms with Gasteiger partial charge in [-0.1, -0.05) is 12.8 Å². The summed E-state index contributed by atoms with van der Waals surface area (Å²) in [6.45, 7) is 4.44. The van der Waals surface area contributed by atoms with Crippen molar-refractivity contribution in [3.05, 3.63) is 0 Å². The molecule has 0 radical (unpaired) electrons. The Kier molecular flexibility index (Phi) is 5.29. The van der Waals surface area contributed by atoms with Crippen LogP contribution in [0.5, 0.6) is 0 Å². The topological polar surface area (TPSA) is 23.5 Å². The zero-order chi connectivity index (χ0) is 7.11. The second kappa shape index (κ2) is 5.61. The van der Waals surface area contributed by atoms with Gasteiger partial charge in [0.25, 0.3) is 0 Å². The molecule has 0 amide bonds. The molecule has 0 aliphatic rings. The van der Waals surface area contributed by atoms with Gasteiger partial charge in [-0.2, -0.15) is 0 Å². The first-order valence-corrected chi connectivity index (χ1v) is 3.11. The van der Waals surface area contributed by atoms with Crippen LogP contribution in [0.25, 0.3) is 0 Å². The number of hydrogen-bond donors (Lipinski definition) is 1. The van der Waals surface area contributed by atoms with Gasteiger partial charge in [0.05, 0.1) is 13.2 Å². The maximum Gasteiger partial charge on any atom is 0.0599 e. The monoisotopic (exact) mass is 127 g/mol. The first-order valence-electron chi connectivity index (χ1n) is 3.11. The first-order chi connectivity index (χ1) is 4.35. The van der Waals surface area contributed by atoms with E-state index in [-0.39, 0.29) is 6.61 Å². The minimum atomic E-state index is 0.190. The fourth-order valence-corrected chi connectivity index (χ4v) is 0.619. The second-order valence-corrected chi connectivity index (χ2v) is 1.80. The van der Waals surface area contributed by atoms with Crippen LogP contribution in [0.2, 0.25) is 0 Å². The van der Waals surface area contributed by atoms with Crippen LogP contribution in [-0.2, 0) is 0 Å². The Morgan fingerprint density at radius 3 is 2.67 bits per heavy atom. The van der Waals surface area contributed by atoms with Gasteiger partial charge in [0.1, 0.15) is 0 Å². The first kappa shape index (κ1) is 8.48. The van der Waals surface area contributed by atoms with E-state index in [1.54, 1.807) is 0 Å². The predicted molar refractivity (Wildman–Crippen MR) is 38.0 cm³/mol. The maximum atomic E-state index is 8.48. The van der Waals surface area contributed by atoms with Crippen molar-refractivity contribution >= 4 is 0 Å². The van der Waals surface area contributed by atoms with Gasteiger partial charge in [-0.3, -0.25) is 4.90 Å². The average molecular weight is 127 g/mol. The van der Waals surface area contributed by atoms with E-state index in [0.717, 1.165) is 6.54 Å². The number of hydrogen-bond acceptors (Lipinski definition) is 2. The molecule has 0 unspecified atom stereocenters. The summed E-state index contributed by atoms with van der Waals surface area (Å²) in [5.74, 6) is 2.52. The molecule has 0 fully saturated rings. The fraction of sp³-hybridized carbons (Fsp3) is 0.714. The lowest BCUT2D eigenvalue weighted by molar-refractivity contribution is 0.216. The molecule has 0 bridgehead atoms. The van der Waals surface area contributed by atoms with Gasteiger partial charge in [0, 0.05) is 6.54 Å². The Morgan fingerprint density at radius 2 is 2.33 bits per heavy atom. The van der Waals surface area contributed by atoms with Crippen LogP contribution in [-0.4, -0.2) is 36.2 Å². The van der Waals surface area contributed by atoms with Crippen LogP contribution in [0.3, 0.4) is 0 Å². The molecule has 2 heteroatoms. The SMILES string of the molecule is C#CCN(CC)CCO. The Bertz CT molecular complexity index is 95.6. The molecule has 0 heterocycles. The molecule has 0 aromatic carbocycles. The van der Waals surface area contributed by atoms with Gasteiger partial charge < -0.3 is 5.11 Å². The summed E-state index contributed by atoms with van der Waals surface area (Å²) in [7, 11) is 0. The lowest BCUT2D eigenvalue weighted by Gasteiger charge is -2.14. The molecule has 0 atom stereocenters. The molecule has 0 aromatic rings. The van der Waals surface area contributed by atoms with E-state index in [0.29, 0.717) is 13.1 Å². The third-order valence-electron chi connectivity index (χ3n) is 1.18. The number of nitrogens with zero attached hydrogens (tertiary/aromatic N) is 1. The smallest absolute Gasteiger partial charge is 0.0599 e. The Hall–Kier alpha value is -0.520. The van der Waals surface area contributed by atoms with E-state index in [1.807, 2.05) is 11.8 Å². The molecular weight excluding hydrogens is 114 g/mol. The molecule has 0 aliphatic heterocycles. The van der Waals surface area contributed by atoms with E-state index < -0.39 is 0 Å². The highest BCUT2D eigenvalue weighted by atomic mass is 16.3. The predicted octanol–water partition coefficient (Wildman–Crippen LogP) is -0.0662. The van der Waals surface area contributed by atoms with Crippen molar-refractivity contribution in [2.75, 3.05) is 26.2 Å². The normalized spacial score (nSPS) is 9.56. The number of likely N-dealkylation sites (N-methyl/N-ethyl adjacent to an activating group) is 1. The third kappa shape index (κ3) is 4.01. The summed E-state index contributed by atoms with van der Waals surface area (Å²) in [6.07, 6.45) is 5.06. The summed E-state index contributed by atoms with van der Waals surface area (Å²) < 4.78 is 0. The van der Waals surface area contributed by atoms with Crippen LogP contribution < -0.4 is 0 Å². The quantitative estimate of drug-likeness (QED) is 0.534. The molecule has 0 spiro atoms. The number of aliphatic hydroxyl groups excluding tert-OH is 1. The van der Waals surface area contributed by atoms with Gasteiger partial charge in [0.15, 0.2) is 0 Å². The van der Waals surface area contributed by atoms with Crippen molar-refractivity contribution in [1.82, 2.24) is 4.90 Å². The summed E-state index contributed by atoms with van der Waals surface area (Å²) in [5.41, 5.74) is 0. The highest BCUT2D eigenvalue weighted by molar-refractivity contribution is 4.87. The molecule has 2 nitrogen and oxygen atoms in total. The summed E-state index contributed by atoms with van der Waals surface area (Å²) in [4.78, 5) is 2.00. The van der Waals surface area contributed by atoms with Gasteiger partial charge >= 0.3 is 0 Å². The minimum Gasteiger partial charge on any atom is -0.395 e. The summed E-state index contributed by atoms with van der Waals surface area (Å²) in [6, 6.07) is 0. The molecule has 0 saturated carbocycles. The standard InChI is InChI=1S/C7H13NO/c1-3-5-8(4-2)6-7-9/h1,9H,4-7H2,2H3. The third-order valence-corrected chi connectivity index (χ3v) is 1.18. The van der Waals surface area contributed by atoms with E-state index in [1.165, 1.54) is 0 Å². The summed E-state index contributed by atoms with van der Waals surface area (Å²) in [5, 5.41) is 8.48. The molecule has 0 aliphatic carbocycles. The summed E-state index contributed by atoms with van der Waals surface area (Å²) >= 11 is 0. The fourth-order valence-electron chi connectivity index (χ4n) is 0.619. The molecule has 0 aromatic heterocycles. The van der Waals surface area contributed by atoms with Gasteiger partial charge in [-0.25, -0.2) is 0 Å². The van der Waals surface area contributed by atoms with E-state index >= 15 is 0 Å². The zero-order valence-corrected chi connectivity index (χ0v) is 5.80. The zero-order valence-electron chi connectivity index (χ0n) is 5.80. The number of terminal acetylenes is 1. The number of rotatable bonds is 4. The van der Waals surface area contributed by atoms with E-state index in [4.69, 9.17) is 11.5 Å². The molecule has 0 rings (SSSR count). The van der Waals surface area contributed by atoms with Crippen molar-refractivity contribution in [3.63, 3.8) is 0 Å². The Balaban J connectivity index is 3.32. The van der Waals surface area contributed by atoms with E-state index in [2.05, 4.69) is 5.92 Å². The average Bonchev–Trinajstić information content (AvgIpc) is 1.88. The molecule has 0 saturated heterocycles. The molecule has 9 heavy (non-hydrogen) atoms. The molecular formula is C7H13NO. The lowest BCUT2D eigenvalue weighted by atomic mass is 10.5. The van der Waals surface area contributed by atoms with E-state index in [9.17, 15) is 0 Å². The highest BCUT2D eigenvalue weighted by Gasteiger charge is 1.95. The highest BCUT2D eigenvalue weighted by Crippen LogP contribution is 1.82. The minimum absolute atomic E-state index is 0.190. The van der Waals surface area contributed by atoms with Crippen LogP contribution in [0.4, 0.5) is 0 Å². The van der Waals surface area contributed by atoms with Crippen molar-refractivity contribution in [1.29, 1.82) is 0 Å². The van der Waals surface area contributed by atoms with Gasteiger partial charge in [-0.05, 0) is 6.54 Å².